The van der Waals surface area contributed by atoms with Gasteiger partial charge in [0.05, 0.1) is 12.1 Å². The summed E-state index contributed by atoms with van der Waals surface area (Å²) in [5, 5.41) is 9.17. The van der Waals surface area contributed by atoms with Crippen LogP contribution in [0.1, 0.15) is 40.5 Å². The Hall–Kier alpha value is -1.08. The van der Waals surface area contributed by atoms with Gasteiger partial charge in [-0.2, -0.15) is 5.26 Å². The predicted octanol–water partition coefficient (Wildman–Crippen LogP) is 2.11. The fourth-order valence-corrected chi connectivity index (χ4v) is 2.43. The fourth-order valence-electron chi connectivity index (χ4n) is 2.43. The molecule has 1 aliphatic rings. The summed E-state index contributed by atoms with van der Waals surface area (Å²) in [6, 6.07) is 2.40. The van der Waals surface area contributed by atoms with Crippen molar-refractivity contribution in [2.24, 2.45) is 11.8 Å². The number of nitriles is 1. The molecule has 0 saturated carbocycles. The normalized spacial score (nSPS) is 20.1. The van der Waals surface area contributed by atoms with Gasteiger partial charge in [-0.05, 0) is 12.3 Å². The largest absolute Gasteiger partial charge is 0.340 e. The zero-order valence-electron chi connectivity index (χ0n) is 12.7. The number of carbonyl (C=O) groups excluding carboxylic acids is 1. The molecule has 4 heteroatoms. The van der Waals surface area contributed by atoms with Crippen LogP contribution in [0.15, 0.2) is 0 Å². The van der Waals surface area contributed by atoms with Gasteiger partial charge in [0.1, 0.15) is 0 Å². The highest BCUT2D eigenvalue weighted by Gasteiger charge is 2.28. The van der Waals surface area contributed by atoms with E-state index in [9.17, 15) is 10.1 Å². The van der Waals surface area contributed by atoms with Crippen LogP contribution in [0.3, 0.4) is 0 Å². The minimum Gasteiger partial charge on any atom is -0.340 e. The molecule has 0 bridgehead atoms. The molecule has 2 unspecified atom stereocenters. The quantitative estimate of drug-likeness (QED) is 0.765. The molecule has 0 spiro atoms. The van der Waals surface area contributed by atoms with E-state index in [0.29, 0.717) is 5.92 Å². The Morgan fingerprint density at radius 3 is 2.21 bits per heavy atom. The second-order valence-electron chi connectivity index (χ2n) is 5.83. The van der Waals surface area contributed by atoms with Gasteiger partial charge in [-0.1, -0.05) is 34.1 Å². The highest BCUT2D eigenvalue weighted by molar-refractivity contribution is 5.78. The van der Waals surface area contributed by atoms with Gasteiger partial charge in [-0.25, -0.2) is 0 Å². The smallest absolute Gasteiger partial charge is 0.225 e. The first-order valence-electron chi connectivity index (χ1n) is 7.43. The van der Waals surface area contributed by atoms with Crippen molar-refractivity contribution in [1.29, 1.82) is 5.26 Å². The molecule has 0 N–H and O–H groups in total. The summed E-state index contributed by atoms with van der Waals surface area (Å²) in [4.78, 5) is 16.4. The molecule has 1 fully saturated rings. The molecular weight excluding hydrogens is 238 g/mol. The summed E-state index contributed by atoms with van der Waals surface area (Å²) >= 11 is 0. The second-order valence-corrected chi connectivity index (χ2v) is 5.83. The standard InChI is InChI=1S/C15H27N3O/c1-5-6-14(11-16)17-7-9-18(10-8-17)15(19)13(4)12(2)3/h12-14H,5-10H2,1-4H3. The van der Waals surface area contributed by atoms with Crippen molar-refractivity contribution >= 4 is 5.91 Å². The summed E-state index contributed by atoms with van der Waals surface area (Å²) in [5.74, 6) is 0.741. The van der Waals surface area contributed by atoms with Crippen molar-refractivity contribution < 1.29 is 4.79 Å². The van der Waals surface area contributed by atoms with E-state index in [1.165, 1.54) is 0 Å². The monoisotopic (exact) mass is 265 g/mol. The van der Waals surface area contributed by atoms with Crippen molar-refractivity contribution in [3.63, 3.8) is 0 Å². The molecule has 1 saturated heterocycles. The predicted molar refractivity (Wildman–Crippen MR) is 76.5 cm³/mol. The lowest BCUT2D eigenvalue weighted by Crippen LogP contribution is -2.53. The molecule has 2 atom stereocenters. The van der Waals surface area contributed by atoms with E-state index < -0.39 is 0 Å². The van der Waals surface area contributed by atoms with Crippen LogP contribution < -0.4 is 0 Å². The first-order chi connectivity index (χ1) is 9.01. The van der Waals surface area contributed by atoms with Crippen molar-refractivity contribution in [1.82, 2.24) is 9.80 Å². The van der Waals surface area contributed by atoms with Crippen LogP contribution in [0.4, 0.5) is 0 Å². The third kappa shape index (κ3) is 4.21. The van der Waals surface area contributed by atoms with E-state index in [4.69, 9.17) is 0 Å². The van der Waals surface area contributed by atoms with Gasteiger partial charge in [-0.3, -0.25) is 9.69 Å². The number of hydrogen-bond acceptors (Lipinski definition) is 3. The topological polar surface area (TPSA) is 47.3 Å². The van der Waals surface area contributed by atoms with Crippen molar-refractivity contribution in [3.8, 4) is 6.07 Å². The van der Waals surface area contributed by atoms with Gasteiger partial charge >= 0.3 is 0 Å². The van der Waals surface area contributed by atoms with E-state index in [1.807, 2.05) is 11.8 Å². The SMILES string of the molecule is CCCC(C#N)N1CCN(C(=O)C(C)C(C)C)CC1. The molecule has 0 aromatic carbocycles. The third-order valence-electron chi connectivity index (χ3n) is 4.17. The van der Waals surface area contributed by atoms with Crippen LogP contribution in [-0.4, -0.2) is 47.9 Å². The lowest BCUT2D eigenvalue weighted by molar-refractivity contribution is -0.138. The van der Waals surface area contributed by atoms with Crippen LogP contribution in [-0.2, 0) is 4.79 Å². The highest BCUT2D eigenvalue weighted by atomic mass is 16.2. The molecule has 108 valence electrons. The third-order valence-corrected chi connectivity index (χ3v) is 4.17. The van der Waals surface area contributed by atoms with Crippen LogP contribution in [0.5, 0.6) is 0 Å². The van der Waals surface area contributed by atoms with Crippen molar-refractivity contribution in [2.75, 3.05) is 26.2 Å². The van der Waals surface area contributed by atoms with Gasteiger partial charge in [0.25, 0.3) is 0 Å². The van der Waals surface area contributed by atoms with Crippen molar-refractivity contribution in [3.05, 3.63) is 0 Å². The fraction of sp³-hybridized carbons (Fsp3) is 0.867. The number of hydrogen-bond donors (Lipinski definition) is 0. The first-order valence-corrected chi connectivity index (χ1v) is 7.43. The maximum atomic E-state index is 12.3. The van der Waals surface area contributed by atoms with Gasteiger partial charge in [-0.15, -0.1) is 0 Å². The summed E-state index contributed by atoms with van der Waals surface area (Å²) < 4.78 is 0. The minimum absolute atomic E-state index is 0.0183. The Balaban J connectivity index is 2.49. The average Bonchev–Trinajstić information content (AvgIpc) is 2.43. The van der Waals surface area contributed by atoms with Crippen LogP contribution >= 0.6 is 0 Å². The van der Waals surface area contributed by atoms with Gasteiger partial charge in [0.2, 0.25) is 5.91 Å². The molecule has 0 radical (unpaired) electrons. The summed E-state index contributed by atoms with van der Waals surface area (Å²) in [7, 11) is 0. The van der Waals surface area contributed by atoms with E-state index in [2.05, 4.69) is 31.7 Å². The molecule has 1 aliphatic heterocycles. The van der Waals surface area contributed by atoms with Gasteiger partial charge < -0.3 is 4.90 Å². The minimum atomic E-state index is 0.0183. The van der Waals surface area contributed by atoms with Crippen LogP contribution in [0, 0.1) is 23.2 Å². The summed E-state index contributed by atoms with van der Waals surface area (Å²) in [6.45, 7) is 11.5. The molecule has 0 aromatic heterocycles. The maximum Gasteiger partial charge on any atom is 0.225 e. The van der Waals surface area contributed by atoms with E-state index in [-0.39, 0.29) is 17.9 Å². The molecule has 1 heterocycles. The second kappa shape index (κ2) is 7.49. The number of nitrogens with zero attached hydrogens (tertiary/aromatic N) is 3. The van der Waals surface area contributed by atoms with E-state index in [1.54, 1.807) is 0 Å². The Morgan fingerprint density at radius 1 is 1.21 bits per heavy atom. The first kappa shape index (κ1) is 16.0. The molecule has 19 heavy (non-hydrogen) atoms. The molecule has 0 aromatic rings. The van der Waals surface area contributed by atoms with Crippen molar-refractivity contribution in [2.45, 2.75) is 46.6 Å². The molecule has 4 nitrogen and oxygen atoms in total. The molecule has 1 amide bonds. The summed E-state index contributed by atoms with van der Waals surface area (Å²) in [5.41, 5.74) is 0. The molecular formula is C15H27N3O. The van der Waals surface area contributed by atoms with Crippen LogP contribution in [0.25, 0.3) is 0 Å². The lowest BCUT2D eigenvalue weighted by Gasteiger charge is -2.38. The molecule has 1 rings (SSSR count). The van der Waals surface area contributed by atoms with Gasteiger partial charge in [0.15, 0.2) is 0 Å². The van der Waals surface area contributed by atoms with Crippen LogP contribution in [0.2, 0.25) is 0 Å². The number of carbonyl (C=O) groups is 1. The Bertz CT molecular complexity index is 327. The maximum absolute atomic E-state index is 12.3. The molecule has 0 aliphatic carbocycles. The van der Waals surface area contributed by atoms with E-state index in [0.717, 1.165) is 39.0 Å². The Labute approximate surface area is 117 Å². The zero-order chi connectivity index (χ0) is 14.4. The Kier molecular flexibility index (Phi) is 6.30. The van der Waals surface area contributed by atoms with Gasteiger partial charge in [0, 0.05) is 32.1 Å². The lowest BCUT2D eigenvalue weighted by atomic mass is 9.96. The number of amides is 1. The average molecular weight is 265 g/mol. The Morgan fingerprint density at radius 2 is 1.79 bits per heavy atom. The summed E-state index contributed by atoms with van der Waals surface area (Å²) in [6.07, 6.45) is 1.95. The highest BCUT2D eigenvalue weighted by Crippen LogP contribution is 2.16. The number of piperazine rings is 1. The number of rotatable bonds is 5. The zero-order valence-corrected chi connectivity index (χ0v) is 12.7. The van der Waals surface area contributed by atoms with E-state index >= 15 is 0 Å².